The van der Waals surface area contributed by atoms with Crippen molar-refractivity contribution in [2.24, 2.45) is 0 Å². The van der Waals surface area contributed by atoms with Crippen LogP contribution in [0.5, 0.6) is 0 Å². The predicted octanol–water partition coefficient (Wildman–Crippen LogP) is 0.0951. The fourth-order valence-electron chi connectivity index (χ4n) is 2.90. The highest BCUT2D eigenvalue weighted by Gasteiger charge is 2.27. The first-order chi connectivity index (χ1) is 11.5. The molecule has 7 nitrogen and oxygen atoms in total. The largest absolute Gasteiger partial charge is 0.378 e. The lowest BCUT2D eigenvalue weighted by Crippen LogP contribution is -2.47. The molecule has 0 bridgehead atoms. The smallest absolute Gasteiger partial charge is 0.254 e. The first-order valence-corrected chi connectivity index (χ1v) is 9.58. The summed E-state index contributed by atoms with van der Waals surface area (Å²) >= 11 is 0. The highest BCUT2D eigenvalue weighted by molar-refractivity contribution is 7.89. The van der Waals surface area contributed by atoms with E-state index >= 15 is 0 Å². The molecule has 2 aliphatic heterocycles. The average molecular weight is 353 g/mol. The van der Waals surface area contributed by atoms with Gasteiger partial charge < -0.3 is 14.5 Å². The summed E-state index contributed by atoms with van der Waals surface area (Å²) in [6.45, 7) is 4.67. The van der Waals surface area contributed by atoms with E-state index < -0.39 is 10.0 Å². The molecular weight excluding hydrogens is 330 g/mol. The predicted molar refractivity (Wildman–Crippen MR) is 89.4 cm³/mol. The second kappa shape index (κ2) is 7.18. The minimum atomic E-state index is -3.49. The minimum Gasteiger partial charge on any atom is -0.378 e. The molecule has 0 radical (unpaired) electrons. The number of sulfonamides is 1. The van der Waals surface area contributed by atoms with Crippen molar-refractivity contribution in [2.75, 3.05) is 59.5 Å². The average Bonchev–Trinajstić information content (AvgIpc) is 2.62. The molecule has 0 aromatic heterocycles. The Morgan fingerprint density at radius 3 is 2.12 bits per heavy atom. The van der Waals surface area contributed by atoms with Crippen molar-refractivity contribution in [3.8, 4) is 0 Å². The van der Waals surface area contributed by atoms with E-state index in [4.69, 9.17) is 4.74 Å². The number of morpholine rings is 1. The number of rotatable bonds is 3. The van der Waals surface area contributed by atoms with Gasteiger partial charge >= 0.3 is 0 Å². The number of hydrogen-bond acceptors (Lipinski definition) is 5. The number of hydrogen-bond donors (Lipinski definition) is 0. The van der Waals surface area contributed by atoms with Gasteiger partial charge in [-0.2, -0.15) is 4.31 Å². The van der Waals surface area contributed by atoms with Gasteiger partial charge in [0, 0.05) is 44.8 Å². The molecule has 3 rings (SSSR count). The van der Waals surface area contributed by atoms with Gasteiger partial charge in [0.1, 0.15) is 0 Å². The fraction of sp³-hybridized carbons (Fsp3) is 0.562. The molecule has 0 aliphatic carbocycles. The second-order valence-corrected chi connectivity index (χ2v) is 8.07. The molecule has 0 N–H and O–H groups in total. The standard InChI is InChI=1S/C16H23N3O4S/c1-17-6-8-19(9-7-17)24(21,22)15-4-2-14(3-5-15)16(20)18-10-12-23-13-11-18/h2-5H,6-13H2,1H3. The van der Waals surface area contributed by atoms with E-state index in [9.17, 15) is 13.2 Å². The van der Waals surface area contributed by atoms with Gasteiger partial charge in [-0.3, -0.25) is 4.79 Å². The van der Waals surface area contributed by atoms with Gasteiger partial charge in [0.2, 0.25) is 10.0 Å². The number of ether oxygens (including phenoxy) is 1. The van der Waals surface area contributed by atoms with Gasteiger partial charge in [0.25, 0.3) is 5.91 Å². The van der Waals surface area contributed by atoms with Gasteiger partial charge in [-0.15, -0.1) is 0 Å². The molecule has 2 aliphatic rings. The molecule has 0 unspecified atom stereocenters. The lowest BCUT2D eigenvalue weighted by molar-refractivity contribution is 0.0303. The third-order valence-corrected chi connectivity index (χ3v) is 6.41. The van der Waals surface area contributed by atoms with Crippen LogP contribution < -0.4 is 0 Å². The highest BCUT2D eigenvalue weighted by Crippen LogP contribution is 2.19. The van der Waals surface area contributed by atoms with Crippen LogP contribution in [0.4, 0.5) is 0 Å². The highest BCUT2D eigenvalue weighted by atomic mass is 32.2. The van der Waals surface area contributed by atoms with Crippen LogP contribution in [0.3, 0.4) is 0 Å². The fourth-order valence-corrected chi connectivity index (χ4v) is 4.32. The van der Waals surface area contributed by atoms with Crippen LogP contribution in [0, 0.1) is 0 Å². The van der Waals surface area contributed by atoms with Crippen molar-refractivity contribution >= 4 is 15.9 Å². The maximum Gasteiger partial charge on any atom is 0.254 e. The Morgan fingerprint density at radius 2 is 1.54 bits per heavy atom. The van der Waals surface area contributed by atoms with E-state index in [1.54, 1.807) is 17.0 Å². The maximum absolute atomic E-state index is 12.7. The number of amides is 1. The molecular formula is C16H23N3O4S. The number of carbonyl (C=O) groups excluding carboxylic acids is 1. The number of carbonyl (C=O) groups is 1. The second-order valence-electron chi connectivity index (χ2n) is 6.14. The molecule has 2 fully saturated rings. The number of nitrogens with zero attached hydrogens (tertiary/aromatic N) is 3. The Morgan fingerprint density at radius 1 is 0.958 bits per heavy atom. The van der Waals surface area contributed by atoms with Crippen LogP contribution in [0.1, 0.15) is 10.4 Å². The van der Waals surface area contributed by atoms with Gasteiger partial charge in [-0.1, -0.05) is 0 Å². The van der Waals surface area contributed by atoms with Crippen LogP contribution in [0.25, 0.3) is 0 Å². The third-order valence-electron chi connectivity index (χ3n) is 4.50. The zero-order valence-corrected chi connectivity index (χ0v) is 14.7. The van der Waals surface area contributed by atoms with Gasteiger partial charge in [0.15, 0.2) is 0 Å². The lowest BCUT2D eigenvalue weighted by atomic mass is 10.2. The summed E-state index contributed by atoms with van der Waals surface area (Å²) in [5.41, 5.74) is 0.509. The summed E-state index contributed by atoms with van der Waals surface area (Å²) in [6.07, 6.45) is 0. The molecule has 2 heterocycles. The SMILES string of the molecule is CN1CCN(S(=O)(=O)c2ccc(C(=O)N3CCOCC3)cc2)CC1. The van der Waals surface area contributed by atoms with Crippen LogP contribution in [0.2, 0.25) is 0 Å². The molecule has 0 saturated carbocycles. The maximum atomic E-state index is 12.7. The summed E-state index contributed by atoms with van der Waals surface area (Å²) in [6, 6.07) is 6.25. The van der Waals surface area contributed by atoms with Gasteiger partial charge in [0.05, 0.1) is 18.1 Å². The van der Waals surface area contributed by atoms with Crippen LogP contribution in [0.15, 0.2) is 29.2 Å². The molecule has 1 aromatic rings. The number of likely N-dealkylation sites (N-methyl/N-ethyl adjacent to an activating group) is 1. The van der Waals surface area contributed by atoms with Crippen molar-refractivity contribution in [3.05, 3.63) is 29.8 Å². The Bertz CT molecular complexity index is 676. The molecule has 132 valence electrons. The molecule has 0 spiro atoms. The molecule has 24 heavy (non-hydrogen) atoms. The minimum absolute atomic E-state index is 0.0816. The van der Waals surface area contributed by atoms with Crippen molar-refractivity contribution in [3.63, 3.8) is 0 Å². The van der Waals surface area contributed by atoms with Crippen molar-refractivity contribution in [2.45, 2.75) is 4.90 Å². The monoisotopic (exact) mass is 353 g/mol. The summed E-state index contributed by atoms with van der Waals surface area (Å²) in [5.74, 6) is -0.0816. The van der Waals surface area contributed by atoms with E-state index in [1.807, 2.05) is 7.05 Å². The Hall–Kier alpha value is -1.48. The quantitative estimate of drug-likeness (QED) is 0.771. The number of benzene rings is 1. The van der Waals surface area contributed by atoms with E-state index in [0.29, 0.717) is 45.0 Å². The summed E-state index contributed by atoms with van der Waals surface area (Å²) in [4.78, 5) is 16.5. The molecule has 0 atom stereocenters. The zero-order valence-electron chi connectivity index (χ0n) is 13.8. The molecule has 8 heteroatoms. The van der Waals surface area contributed by atoms with Gasteiger partial charge in [-0.05, 0) is 31.3 Å². The first-order valence-electron chi connectivity index (χ1n) is 8.14. The Kier molecular flexibility index (Phi) is 5.19. The van der Waals surface area contributed by atoms with Crippen LogP contribution in [-0.2, 0) is 14.8 Å². The zero-order chi connectivity index (χ0) is 17.2. The molecule has 1 aromatic carbocycles. The Balaban J connectivity index is 1.72. The van der Waals surface area contributed by atoms with Crippen molar-refractivity contribution in [1.82, 2.24) is 14.1 Å². The summed E-state index contributed by atoms with van der Waals surface area (Å²) in [7, 11) is -1.51. The van der Waals surface area contributed by atoms with E-state index in [2.05, 4.69) is 4.90 Å². The van der Waals surface area contributed by atoms with E-state index in [-0.39, 0.29) is 10.8 Å². The molecule has 1 amide bonds. The van der Waals surface area contributed by atoms with E-state index in [1.165, 1.54) is 16.4 Å². The van der Waals surface area contributed by atoms with E-state index in [0.717, 1.165) is 13.1 Å². The molecule has 2 saturated heterocycles. The van der Waals surface area contributed by atoms with Crippen LogP contribution >= 0.6 is 0 Å². The lowest BCUT2D eigenvalue weighted by Gasteiger charge is -2.31. The van der Waals surface area contributed by atoms with Gasteiger partial charge in [-0.25, -0.2) is 8.42 Å². The summed E-state index contributed by atoms with van der Waals surface area (Å²) in [5, 5.41) is 0. The Labute approximate surface area is 142 Å². The van der Waals surface area contributed by atoms with Crippen LogP contribution in [-0.4, -0.2) is 88.0 Å². The topological polar surface area (TPSA) is 70.2 Å². The van der Waals surface area contributed by atoms with Crippen molar-refractivity contribution < 1.29 is 17.9 Å². The summed E-state index contributed by atoms with van der Waals surface area (Å²) < 4.78 is 32.1. The first kappa shape index (κ1) is 17.3. The third kappa shape index (κ3) is 3.61. The normalized spacial score (nSPS) is 21.0. The number of piperazine rings is 1. The van der Waals surface area contributed by atoms with Crippen molar-refractivity contribution in [1.29, 1.82) is 0 Å².